The average Bonchev–Trinajstić information content (AvgIpc) is 3.08. The molecule has 0 aliphatic rings. The van der Waals surface area contributed by atoms with E-state index in [1.165, 1.54) is 6.33 Å². The lowest BCUT2D eigenvalue weighted by atomic mass is 10.3. The van der Waals surface area contributed by atoms with Crippen molar-refractivity contribution >= 4 is 28.2 Å². The standard InChI is InChI=1S/C17H15N7O/c1-25-12-8-6-11(7-9-12)21-16-15(18)17(20-10-19-16)24-14-5-3-2-4-13(14)22-23-24/h2-10H,18H2,1H3,(H,19,20,21). The second kappa shape index (κ2) is 6.08. The van der Waals surface area contributed by atoms with Crippen LogP contribution in [0.5, 0.6) is 5.75 Å². The summed E-state index contributed by atoms with van der Waals surface area (Å²) >= 11 is 0. The summed E-state index contributed by atoms with van der Waals surface area (Å²) in [5.74, 6) is 1.74. The highest BCUT2D eigenvalue weighted by molar-refractivity contribution is 5.80. The van der Waals surface area contributed by atoms with Crippen LogP contribution in [-0.2, 0) is 0 Å². The minimum absolute atomic E-state index is 0.383. The maximum Gasteiger partial charge on any atom is 0.184 e. The van der Waals surface area contributed by atoms with Gasteiger partial charge in [-0.15, -0.1) is 5.10 Å². The third-order valence-corrected chi connectivity index (χ3v) is 3.77. The first kappa shape index (κ1) is 14.9. The molecule has 3 N–H and O–H groups in total. The van der Waals surface area contributed by atoms with Gasteiger partial charge in [0.05, 0.1) is 12.6 Å². The molecule has 0 atom stereocenters. The summed E-state index contributed by atoms with van der Waals surface area (Å²) in [6, 6.07) is 15.1. The van der Waals surface area contributed by atoms with E-state index in [4.69, 9.17) is 10.5 Å². The zero-order chi connectivity index (χ0) is 17.2. The summed E-state index contributed by atoms with van der Waals surface area (Å²) in [7, 11) is 1.62. The second-order valence-electron chi connectivity index (χ2n) is 5.30. The molecule has 0 fully saturated rings. The molecule has 4 rings (SSSR count). The smallest absolute Gasteiger partial charge is 0.184 e. The minimum atomic E-state index is 0.383. The number of ether oxygens (including phenoxy) is 1. The number of hydrogen-bond acceptors (Lipinski definition) is 7. The Morgan fingerprint density at radius 1 is 1.04 bits per heavy atom. The lowest BCUT2D eigenvalue weighted by molar-refractivity contribution is 0.415. The van der Waals surface area contributed by atoms with Gasteiger partial charge in [-0.3, -0.25) is 0 Å². The Balaban J connectivity index is 1.72. The predicted octanol–water partition coefficient (Wildman–Crippen LogP) is 2.54. The molecule has 2 aromatic carbocycles. The first-order valence-corrected chi connectivity index (χ1v) is 7.58. The van der Waals surface area contributed by atoms with Crippen molar-refractivity contribution in [3.05, 3.63) is 54.9 Å². The molecule has 0 aliphatic carbocycles. The van der Waals surface area contributed by atoms with Crippen LogP contribution >= 0.6 is 0 Å². The van der Waals surface area contributed by atoms with E-state index in [-0.39, 0.29) is 0 Å². The van der Waals surface area contributed by atoms with E-state index in [0.29, 0.717) is 17.3 Å². The van der Waals surface area contributed by atoms with Gasteiger partial charge in [0.15, 0.2) is 11.6 Å². The van der Waals surface area contributed by atoms with Gasteiger partial charge in [0, 0.05) is 5.69 Å². The van der Waals surface area contributed by atoms with Gasteiger partial charge in [-0.05, 0) is 36.4 Å². The summed E-state index contributed by atoms with van der Waals surface area (Å²) in [5.41, 5.74) is 9.08. The highest BCUT2D eigenvalue weighted by atomic mass is 16.5. The van der Waals surface area contributed by atoms with Gasteiger partial charge >= 0.3 is 0 Å². The molecule has 124 valence electrons. The van der Waals surface area contributed by atoms with Crippen LogP contribution in [0, 0.1) is 0 Å². The molecule has 2 aromatic heterocycles. The molecule has 0 bridgehead atoms. The maximum atomic E-state index is 6.27. The molecule has 8 nitrogen and oxygen atoms in total. The molecule has 0 aliphatic heterocycles. The van der Waals surface area contributed by atoms with Crippen molar-refractivity contribution in [2.45, 2.75) is 0 Å². The first-order chi connectivity index (χ1) is 12.3. The van der Waals surface area contributed by atoms with Crippen LogP contribution in [0.25, 0.3) is 16.9 Å². The van der Waals surface area contributed by atoms with Crippen LogP contribution in [0.2, 0.25) is 0 Å². The Kier molecular flexibility index (Phi) is 3.62. The fraction of sp³-hybridized carbons (Fsp3) is 0.0588. The van der Waals surface area contributed by atoms with Crippen LogP contribution in [0.15, 0.2) is 54.9 Å². The number of hydrogen-bond donors (Lipinski definition) is 2. The lowest BCUT2D eigenvalue weighted by Crippen LogP contribution is -2.08. The highest BCUT2D eigenvalue weighted by Crippen LogP contribution is 2.27. The van der Waals surface area contributed by atoms with E-state index in [2.05, 4.69) is 25.6 Å². The molecule has 25 heavy (non-hydrogen) atoms. The number of para-hydroxylation sites is 1. The van der Waals surface area contributed by atoms with E-state index in [1.54, 1.807) is 11.8 Å². The molecule has 0 saturated carbocycles. The van der Waals surface area contributed by atoms with Crippen molar-refractivity contribution < 1.29 is 4.74 Å². The zero-order valence-corrected chi connectivity index (χ0v) is 13.4. The SMILES string of the molecule is COc1ccc(Nc2ncnc(-n3nnc4ccccc43)c2N)cc1. The normalized spacial score (nSPS) is 10.8. The Labute approximate surface area is 143 Å². The van der Waals surface area contributed by atoms with Crippen molar-refractivity contribution in [3.63, 3.8) is 0 Å². The second-order valence-corrected chi connectivity index (χ2v) is 5.30. The fourth-order valence-corrected chi connectivity index (χ4v) is 2.49. The van der Waals surface area contributed by atoms with E-state index in [0.717, 1.165) is 22.5 Å². The van der Waals surface area contributed by atoms with Crippen LogP contribution in [0.3, 0.4) is 0 Å². The van der Waals surface area contributed by atoms with Gasteiger partial charge in [-0.25, -0.2) is 9.97 Å². The Morgan fingerprint density at radius 2 is 1.84 bits per heavy atom. The molecule has 0 radical (unpaired) electrons. The van der Waals surface area contributed by atoms with Gasteiger partial charge in [0.2, 0.25) is 0 Å². The fourth-order valence-electron chi connectivity index (χ4n) is 2.49. The summed E-state index contributed by atoms with van der Waals surface area (Å²) in [4.78, 5) is 8.49. The molecular formula is C17H15N7O. The van der Waals surface area contributed by atoms with Gasteiger partial charge in [0.1, 0.15) is 23.3 Å². The number of nitrogens with zero attached hydrogens (tertiary/aromatic N) is 5. The van der Waals surface area contributed by atoms with Crippen molar-refractivity contribution in [1.82, 2.24) is 25.0 Å². The number of nitrogen functional groups attached to an aromatic ring is 1. The number of anilines is 3. The van der Waals surface area contributed by atoms with Crippen molar-refractivity contribution in [2.75, 3.05) is 18.2 Å². The lowest BCUT2D eigenvalue weighted by Gasteiger charge is -2.11. The molecule has 0 spiro atoms. The topological polar surface area (TPSA) is 104 Å². The maximum absolute atomic E-state index is 6.27. The minimum Gasteiger partial charge on any atom is -0.497 e. The number of benzene rings is 2. The van der Waals surface area contributed by atoms with Crippen LogP contribution in [0.1, 0.15) is 0 Å². The summed E-state index contributed by atoms with van der Waals surface area (Å²) < 4.78 is 6.76. The zero-order valence-electron chi connectivity index (χ0n) is 13.4. The monoisotopic (exact) mass is 333 g/mol. The number of nitrogens with two attached hydrogens (primary N) is 1. The number of rotatable bonds is 4. The summed E-state index contributed by atoms with van der Waals surface area (Å²) in [6.07, 6.45) is 1.44. The number of nitrogens with one attached hydrogen (secondary N) is 1. The average molecular weight is 333 g/mol. The van der Waals surface area contributed by atoms with Gasteiger partial charge in [-0.1, -0.05) is 17.3 Å². The van der Waals surface area contributed by atoms with E-state index in [1.807, 2.05) is 48.5 Å². The quantitative estimate of drug-likeness (QED) is 0.591. The number of methoxy groups -OCH3 is 1. The van der Waals surface area contributed by atoms with E-state index in [9.17, 15) is 0 Å². The first-order valence-electron chi connectivity index (χ1n) is 7.58. The third-order valence-electron chi connectivity index (χ3n) is 3.77. The summed E-state index contributed by atoms with van der Waals surface area (Å²) in [6.45, 7) is 0. The number of aromatic nitrogens is 5. The Hall–Kier alpha value is -3.68. The Bertz CT molecular complexity index is 1030. The third kappa shape index (κ3) is 2.69. The highest BCUT2D eigenvalue weighted by Gasteiger charge is 2.14. The van der Waals surface area contributed by atoms with Gasteiger partial charge in [0.25, 0.3) is 0 Å². The molecule has 0 saturated heterocycles. The summed E-state index contributed by atoms with van der Waals surface area (Å²) in [5, 5.41) is 11.5. The van der Waals surface area contributed by atoms with Crippen LogP contribution in [0.4, 0.5) is 17.2 Å². The van der Waals surface area contributed by atoms with Crippen molar-refractivity contribution in [2.24, 2.45) is 0 Å². The molecule has 0 amide bonds. The van der Waals surface area contributed by atoms with Crippen molar-refractivity contribution in [1.29, 1.82) is 0 Å². The molecule has 8 heteroatoms. The van der Waals surface area contributed by atoms with Gasteiger partial charge < -0.3 is 15.8 Å². The molecule has 4 aromatic rings. The molecule has 2 heterocycles. The van der Waals surface area contributed by atoms with E-state index < -0.39 is 0 Å². The largest absolute Gasteiger partial charge is 0.497 e. The van der Waals surface area contributed by atoms with Crippen molar-refractivity contribution in [3.8, 4) is 11.6 Å². The van der Waals surface area contributed by atoms with Crippen LogP contribution in [-0.4, -0.2) is 32.1 Å². The molecule has 0 unspecified atom stereocenters. The number of fused-ring (bicyclic) bond motifs is 1. The predicted molar refractivity (Wildman–Crippen MR) is 95.1 cm³/mol. The molecular weight excluding hydrogens is 318 g/mol. The Morgan fingerprint density at radius 3 is 2.64 bits per heavy atom. The van der Waals surface area contributed by atoms with Gasteiger partial charge in [-0.2, -0.15) is 4.68 Å². The van der Waals surface area contributed by atoms with Crippen LogP contribution < -0.4 is 15.8 Å². The van der Waals surface area contributed by atoms with E-state index >= 15 is 0 Å².